The molecule has 0 aliphatic rings. The summed E-state index contributed by atoms with van der Waals surface area (Å²) in [4.78, 5) is 22.4. The number of ketones is 1. The van der Waals surface area contributed by atoms with Crippen molar-refractivity contribution in [3.63, 3.8) is 0 Å². The number of rotatable bonds is 4. The molecule has 1 aromatic carbocycles. The molecule has 1 N–H and O–H groups in total. The monoisotopic (exact) mass is 241 g/mol. The molecule has 0 aliphatic heterocycles. The van der Waals surface area contributed by atoms with Crippen LogP contribution < -0.4 is 10.1 Å². The van der Waals surface area contributed by atoms with Crippen LogP contribution in [0.25, 0.3) is 0 Å². The molecule has 1 rings (SSSR count). The van der Waals surface area contributed by atoms with E-state index in [0.29, 0.717) is 11.4 Å². The topological polar surface area (TPSA) is 55.4 Å². The molecule has 0 spiro atoms. The average molecular weight is 242 g/mol. The van der Waals surface area contributed by atoms with Crippen LogP contribution in [0.3, 0.4) is 0 Å². The van der Waals surface area contributed by atoms with Crippen LogP contribution in [0.2, 0.25) is 0 Å². The Morgan fingerprint density at radius 2 is 2.00 bits per heavy atom. The van der Waals surface area contributed by atoms with Crippen molar-refractivity contribution in [2.45, 2.75) is 12.3 Å². The lowest BCUT2D eigenvalue weighted by Gasteiger charge is -2.11. The van der Waals surface area contributed by atoms with Crippen molar-refractivity contribution in [3.05, 3.63) is 24.3 Å². The van der Waals surface area contributed by atoms with Crippen LogP contribution in [-0.2, 0) is 9.59 Å². The largest absolute Gasteiger partial charge is 0.495 e. The van der Waals surface area contributed by atoms with Gasteiger partial charge in [0.15, 0.2) is 11.2 Å². The third kappa shape index (κ3) is 2.97. The molecule has 0 saturated carbocycles. The Morgan fingerprint density at radius 1 is 1.38 bits per heavy atom. The maximum absolute atomic E-state index is 11.5. The number of hydrogen-bond donors (Lipinski definition) is 1. The van der Waals surface area contributed by atoms with Gasteiger partial charge >= 0.3 is 0 Å². The number of para-hydroxylation sites is 2. The number of hydrogen-bond acceptors (Lipinski definition) is 3. The first-order chi connectivity index (χ1) is 7.56. The molecule has 1 amide bonds. The predicted molar refractivity (Wildman–Crippen MR) is 61.9 cm³/mol. The molecule has 0 aromatic heterocycles. The molecule has 1 atom stereocenters. The second-order valence-corrected chi connectivity index (χ2v) is 3.60. The molecular weight excluding hydrogens is 230 g/mol. The van der Waals surface area contributed by atoms with Crippen LogP contribution in [0.4, 0.5) is 5.69 Å². The van der Waals surface area contributed by atoms with E-state index in [1.54, 1.807) is 24.3 Å². The number of ether oxygens (including phenoxy) is 1. The van der Waals surface area contributed by atoms with Gasteiger partial charge in [-0.25, -0.2) is 0 Å². The van der Waals surface area contributed by atoms with Crippen molar-refractivity contribution < 1.29 is 14.3 Å². The summed E-state index contributed by atoms with van der Waals surface area (Å²) in [5, 5.41) is 1.35. The number of methoxy groups -OCH3 is 1. The minimum atomic E-state index is -1.18. The van der Waals surface area contributed by atoms with Gasteiger partial charge in [-0.15, -0.1) is 11.6 Å². The first kappa shape index (κ1) is 12.5. The summed E-state index contributed by atoms with van der Waals surface area (Å²) >= 11 is 5.61. The molecule has 0 radical (unpaired) electrons. The van der Waals surface area contributed by atoms with Gasteiger partial charge in [-0.1, -0.05) is 12.1 Å². The second-order valence-electron chi connectivity index (χ2n) is 3.16. The van der Waals surface area contributed by atoms with Crippen molar-refractivity contribution in [1.29, 1.82) is 0 Å². The van der Waals surface area contributed by atoms with E-state index in [9.17, 15) is 9.59 Å². The Bertz CT molecular complexity index is 406. The maximum atomic E-state index is 11.5. The highest BCUT2D eigenvalue weighted by molar-refractivity contribution is 6.43. The highest BCUT2D eigenvalue weighted by Gasteiger charge is 2.20. The number of amides is 1. The first-order valence-electron chi connectivity index (χ1n) is 4.64. The van der Waals surface area contributed by atoms with Gasteiger partial charge in [0.05, 0.1) is 12.8 Å². The Hall–Kier alpha value is -1.55. The third-order valence-electron chi connectivity index (χ3n) is 1.95. The molecule has 5 heteroatoms. The molecule has 0 saturated heterocycles. The van der Waals surface area contributed by atoms with Crippen molar-refractivity contribution >= 4 is 29.0 Å². The summed E-state index contributed by atoms with van der Waals surface area (Å²) in [6, 6.07) is 6.89. The number of carbonyl (C=O) groups excluding carboxylic acids is 2. The Balaban J connectivity index is 2.80. The van der Waals surface area contributed by atoms with E-state index >= 15 is 0 Å². The molecule has 0 aliphatic carbocycles. The van der Waals surface area contributed by atoms with E-state index in [4.69, 9.17) is 16.3 Å². The molecule has 0 bridgehead atoms. The summed E-state index contributed by atoms with van der Waals surface area (Å²) in [5.74, 6) is -0.434. The van der Waals surface area contributed by atoms with Gasteiger partial charge < -0.3 is 10.1 Å². The summed E-state index contributed by atoms with van der Waals surface area (Å²) < 4.78 is 5.04. The summed E-state index contributed by atoms with van der Waals surface area (Å²) in [7, 11) is 1.49. The van der Waals surface area contributed by atoms with Gasteiger partial charge in [0.25, 0.3) is 0 Å². The van der Waals surface area contributed by atoms with Gasteiger partial charge in [0.1, 0.15) is 5.75 Å². The molecule has 0 heterocycles. The van der Waals surface area contributed by atoms with E-state index in [0.717, 1.165) is 0 Å². The van der Waals surface area contributed by atoms with E-state index in [1.165, 1.54) is 14.0 Å². The fourth-order valence-electron chi connectivity index (χ4n) is 1.13. The smallest absolute Gasteiger partial charge is 0.250 e. The van der Waals surface area contributed by atoms with Crippen molar-refractivity contribution in [3.8, 4) is 5.75 Å². The number of alkyl halides is 1. The molecular formula is C11H12ClNO3. The lowest BCUT2D eigenvalue weighted by molar-refractivity contribution is -0.123. The summed E-state index contributed by atoms with van der Waals surface area (Å²) in [6.07, 6.45) is 0. The molecule has 0 fully saturated rings. The first-order valence-corrected chi connectivity index (χ1v) is 5.08. The maximum Gasteiger partial charge on any atom is 0.250 e. The minimum absolute atomic E-state index is 0.394. The molecule has 4 nitrogen and oxygen atoms in total. The average Bonchev–Trinajstić information content (AvgIpc) is 2.28. The zero-order valence-corrected chi connectivity index (χ0v) is 9.75. The Morgan fingerprint density at radius 3 is 2.56 bits per heavy atom. The van der Waals surface area contributed by atoms with E-state index in [-0.39, 0.29) is 0 Å². The number of benzene rings is 1. The molecule has 16 heavy (non-hydrogen) atoms. The normalized spacial score (nSPS) is 11.7. The third-order valence-corrected chi connectivity index (χ3v) is 2.46. The van der Waals surface area contributed by atoms with Crippen molar-refractivity contribution in [2.24, 2.45) is 0 Å². The summed E-state index contributed by atoms with van der Waals surface area (Å²) in [5.41, 5.74) is 0.488. The van der Waals surface area contributed by atoms with Crippen LogP contribution in [0.15, 0.2) is 24.3 Å². The summed E-state index contributed by atoms with van der Waals surface area (Å²) in [6.45, 7) is 1.26. The van der Waals surface area contributed by atoms with Gasteiger partial charge in [-0.2, -0.15) is 0 Å². The van der Waals surface area contributed by atoms with Gasteiger partial charge in [0, 0.05) is 0 Å². The SMILES string of the molecule is COc1ccccc1NC(=O)C(Cl)C(C)=O. The fourth-order valence-corrected chi connectivity index (χ4v) is 1.18. The zero-order valence-electron chi connectivity index (χ0n) is 8.99. The number of Topliss-reactive ketones (excluding diaryl/α,β-unsaturated/α-hetero) is 1. The highest BCUT2D eigenvalue weighted by Crippen LogP contribution is 2.23. The van der Waals surface area contributed by atoms with Crippen LogP contribution in [0.1, 0.15) is 6.92 Å². The zero-order chi connectivity index (χ0) is 12.1. The molecule has 86 valence electrons. The predicted octanol–water partition coefficient (Wildman–Crippen LogP) is 1.83. The lowest BCUT2D eigenvalue weighted by Crippen LogP contribution is -2.28. The number of halogens is 1. The highest BCUT2D eigenvalue weighted by atomic mass is 35.5. The Kier molecular flexibility index (Phi) is 4.31. The van der Waals surface area contributed by atoms with Crippen LogP contribution in [0, 0.1) is 0 Å². The Labute approximate surface area is 98.5 Å². The standard InChI is InChI=1S/C11H12ClNO3/c1-7(14)10(12)11(15)13-8-5-3-4-6-9(8)16-2/h3-6,10H,1-2H3,(H,13,15). The van der Waals surface area contributed by atoms with E-state index in [1.807, 2.05) is 0 Å². The van der Waals surface area contributed by atoms with Gasteiger partial charge in [0.2, 0.25) is 5.91 Å². The molecule has 1 unspecified atom stereocenters. The van der Waals surface area contributed by atoms with Gasteiger partial charge in [-0.3, -0.25) is 9.59 Å². The van der Waals surface area contributed by atoms with Crippen LogP contribution >= 0.6 is 11.6 Å². The van der Waals surface area contributed by atoms with Crippen molar-refractivity contribution in [2.75, 3.05) is 12.4 Å². The number of nitrogens with one attached hydrogen (secondary N) is 1. The lowest BCUT2D eigenvalue weighted by atomic mass is 10.2. The number of carbonyl (C=O) groups is 2. The van der Waals surface area contributed by atoms with Crippen LogP contribution in [0.5, 0.6) is 5.75 Å². The number of anilines is 1. The minimum Gasteiger partial charge on any atom is -0.495 e. The quantitative estimate of drug-likeness (QED) is 0.646. The molecule has 1 aromatic rings. The van der Waals surface area contributed by atoms with Crippen LogP contribution in [-0.4, -0.2) is 24.2 Å². The fraction of sp³-hybridized carbons (Fsp3) is 0.273. The van der Waals surface area contributed by atoms with E-state index in [2.05, 4.69) is 5.32 Å². The van der Waals surface area contributed by atoms with Gasteiger partial charge in [-0.05, 0) is 19.1 Å². The van der Waals surface area contributed by atoms with E-state index < -0.39 is 17.1 Å². The van der Waals surface area contributed by atoms with Crippen molar-refractivity contribution in [1.82, 2.24) is 0 Å². The second kappa shape index (κ2) is 5.51.